The summed E-state index contributed by atoms with van der Waals surface area (Å²) in [7, 11) is 0. The van der Waals surface area contributed by atoms with E-state index in [2.05, 4.69) is 24.3 Å². The van der Waals surface area contributed by atoms with E-state index in [0.29, 0.717) is 29.9 Å². The van der Waals surface area contributed by atoms with Crippen LogP contribution in [0.15, 0.2) is 48.5 Å². The SMILES string of the molecule is O=C(CCC(O)CCC1Cc2ccccc2C1)c1ccc(C(=O)N2CCCC2)cc1. The first-order chi connectivity index (χ1) is 14.6. The normalized spacial score (nSPS) is 17.2. The van der Waals surface area contributed by atoms with Crippen LogP contribution in [-0.2, 0) is 12.8 Å². The largest absolute Gasteiger partial charge is 0.393 e. The fourth-order valence-corrected chi connectivity index (χ4v) is 4.77. The second-order valence-corrected chi connectivity index (χ2v) is 8.81. The molecule has 1 N–H and O–H groups in total. The Bertz CT molecular complexity index is 858. The fraction of sp³-hybridized carbons (Fsp3) is 0.462. The number of hydrogen-bond donors (Lipinski definition) is 1. The van der Waals surface area contributed by atoms with E-state index in [9.17, 15) is 14.7 Å². The quantitative estimate of drug-likeness (QED) is 0.661. The number of nitrogens with zero attached hydrogens (tertiary/aromatic N) is 1. The number of fused-ring (bicyclic) bond motifs is 1. The van der Waals surface area contributed by atoms with Crippen molar-refractivity contribution in [3.63, 3.8) is 0 Å². The summed E-state index contributed by atoms with van der Waals surface area (Å²) >= 11 is 0. The average Bonchev–Trinajstić information content (AvgIpc) is 3.45. The minimum absolute atomic E-state index is 0.0301. The van der Waals surface area contributed by atoms with Crippen LogP contribution in [0.5, 0.6) is 0 Å². The van der Waals surface area contributed by atoms with Gasteiger partial charge in [-0.2, -0.15) is 0 Å². The topological polar surface area (TPSA) is 57.6 Å². The van der Waals surface area contributed by atoms with Gasteiger partial charge in [-0.1, -0.05) is 36.4 Å². The van der Waals surface area contributed by atoms with E-state index in [-0.39, 0.29) is 11.7 Å². The lowest BCUT2D eigenvalue weighted by atomic mass is 9.95. The van der Waals surface area contributed by atoms with Crippen LogP contribution in [0.3, 0.4) is 0 Å². The molecule has 1 atom stereocenters. The Hall–Kier alpha value is -2.46. The molecule has 1 unspecified atom stereocenters. The highest BCUT2D eigenvalue weighted by Gasteiger charge is 2.22. The first-order valence-corrected chi connectivity index (χ1v) is 11.3. The second kappa shape index (κ2) is 9.57. The number of aliphatic hydroxyl groups excluding tert-OH is 1. The standard InChI is InChI=1S/C26H31NO3/c28-24(12-7-19-17-22-5-1-2-6-23(22)18-19)13-14-25(29)20-8-10-21(11-9-20)26(30)27-15-3-4-16-27/h1-2,5-6,8-11,19,24,28H,3-4,7,12-18H2. The molecule has 1 fully saturated rings. The number of benzene rings is 2. The molecule has 2 aromatic rings. The summed E-state index contributed by atoms with van der Waals surface area (Å²) in [5.41, 5.74) is 4.15. The van der Waals surface area contributed by atoms with E-state index in [1.165, 1.54) is 11.1 Å². The number of likely N-dealkylation sites (tertiary alicyclic amines) is 1. The van der Waals surface area contributed by atoms with Gasteiger partial charge in [0.15, 0.2) is 5.78 Å². The highest BCUT2D eigenvalue weighted by Crippen LogP contribution is 2.30. The van der Waals surface area contributed by atoms with E-state index in [1.54, 1.807) is 24.3 Å². The minimum Gasteiger partial charge on any atom is -0.393 e. The molecule has 2 aliphatic rings. The zero-order valence-corrected chi connectivity index (χ0v) is 17.6. The van der Waals surface area contributed by atoms with Crippen LogP contribution in [-0.4, -0.2) is 40.9 Å². The van der Waals surface area contributed by atoms with Crippen molar-refractivity contribution in [1.82, 2.24) is 4.90 Å². The first-order valence-electron chi connectivity index (χ1n) is 11.3. The van der Waals surface area contributed by atoms with Crippen molar-refractivity contribution in [2.45, 2.75) is 57.5 Å². The molecule has 158 valence electrons. The fourth-order valence-electron chi connectivity index (χ4n) is 4.77. The molecule has 0 spiro atoms. The van der Waals surface area contributed by atoms with Crippen molar-refractivity contribution in [3.8, 4) is 0 Å². The lowest BCUT2D eigenvalue weighted by Gasteiger charge is -2.15. The Morgan fingerprint density at radius 3 is 2.13 bits per heavy atom. The van der Waals surface area contributed by atoms with Gasteiger partial charge in [-0.3, -0.25) is 9.59 Å². The summed E-state index contributed by atoms with van der Waals surface area (Å²) in [6.07, 6.45) is 6.48. The molecule has 1 saturated heterocycles. The number of amides is 1. The van der Waals surface area contributed by atoms with Crippen molar-refractivity contribution >= 4 is 11.7 Å². The van der Waals surface area contributed by atoms with Crippen LogP contribution in [0.1, 0.15) is 70.4 Å². The van der Waals surface area contributed by atoms with Crippen molar-refractivity contribution in [3.05, 3.63) is 70.8 Å². The third kappa shape index (κ3) is 4.99. The van der Waals surface area contributed by atoms with Crippen molar-refractivity contribution in [2.75, 3.05) is 13.1 Å². The summed E-state index contributed by atoms with van der Waals surface area (Å²) in [5.74, 6) is 0.687. The molecule has 30 heavy (non-hydrogen) atoms. The zero-order chi connectivity index (χ0) is 20.9. The van der Waals surface area contributed by atoms with Gasteiger partial charge in [0.05, 0.1) is 6.10 Å². The van der Waals surface area contributed by atoms with Gasteiger partial charge in [0.1, 0.15) is 0 Å². The van der Waals surface area contributed by atoms with Gasteiger partial charge in [-0.25, -0.2) is 0 Å². The molecule has 1 heterocycles. The molecular weight excluding hydrogens is 374 g/mol. The van der Waals surface area contributed by atoms with Crippen molar-refractivity contribution < 1.29 is 14.7 Å². The molecule has 4 rings (SSSR count). The maximum absolute atomic E-state index is 12.5. The van der Waals surface area contributed by atoms with Crippen molar-refractivity contribution in [2.24, 2.45) is 5.92 Å². The maximum atomic E-state index is 12.5. The lowest BCUT2D eigenvalue weighted by Crippen LogP contribution is -2.27. The number of ketones is 1. The zero-order valence-electron chi connectivity index (χ0n) is 17.6. The van der Waals surface area contributed by atoms with Crippen LogP contribution in [0.4, 0.5) is 0 Å². The van der Waals surface area contributed by atoms with Crippen LogP contribution in [0, 0.1) is 5.92 Å². The molecule has 4 nitrogen and oxygen atoms in total. The van der Waals surface area contributed by atoms with Crippen LogP contribution >= 0.6 is 0 Å². The second-order valence-electron chi connectivity index (χ2n) is 8.81. The maximum Gasteiger partial charge on any atom is 0.253 e. The third-order valence-corrected chi connectivity index (χ3v) is 6.60. The highest BCUT2D eigenvalue weighted by molar-refractivity contribution is 5.98. The summed E-state index contributed by atoms with van der Waals surface area (Å²) < 4.78 is 0. The Kier molecular flexibility index (Phi) is 6.63. The van der Waals surface area contributed by atoms with Crippen LogP contribution in [0.2, 0.25) is 0 Å². The smallest absolute Gasteiger partial charge is 0.253 e. The predicted octanol–water partition coefficient (Wildman–Crippen LogP) is 4.44. The molecule has 0 bridgehead atoms. The summed E-state index contributed by atoms with van der Waals surface area (Å²) in [6, 6.07) is 15.6. The van der Waals surface area contributed by atoms with Crippen LogP contribution in [0.25, 0.3) is 0 Å². The van der Waals surface area contributed by atoms with Crippen LogP contribution < -0.4 is 0 Å². The Labute approximate surface area is 178 Å². The molecule has 1 aliphatic heterocycles. The van der Waals surface area contributed by atoms with Gasteiger partial charge in [-0.05, 0) is 74.1 Å². The Balaban J connectivity index is 1.20. The van der Waals surface area contributed by atoms with Gasteiger partial charge in [-0.15, -0.1) is 0 Å². The summed E-state index contributed by atoms with van der Waals surface area (Å²) in [4.78, 5) is 26.8. The van der Waals surface area contributed by atoms with Gasteiger partial charge in [0, 0.05) is 30.6 Å². The predicted molar refractivity (Wildman–Crippen MR) is 118 cm³/mol. The molecule has 0 aromatic heterocycles. The van der Waals surface area contributed by atoms with Gasteiger partial charge >= 0.3 is 0 Å². The highest BCUT2D eigenvalue weighted by atomic mass is 16.3. The number of aliphatic hydroxyl groups is 1. The van der Waals surface area contributed by atoms with Gasteiger partial charge in [0.2, 0.25) is 0 Å². The van der Waals surface area contributed by atoms with Gasteiger partial charge in [0.25, 0.3) is 5.91 Å². The molecule has 1 aliphatic carbocycles. The molecule has 4 heteroatoms. The van der Waals surface area contributed by atoms with E-state index >= 15 is 0 Å². The van der Waals surface area contributed by atoms with E-state index < -0.39 is 6.10 Å². The average molecular weight is 406 g/mol. The van der Waals surface area contributed by atoms with E-state index in [4.69, 9.17) is 0 Å². The number of Topliss-reactive ketones (excluding diaryl/α,β-unsaturated/α-hetero) is 1. The number of carbonyl (C=O) groups is 2. The first kappa shape index (κ1) is 20.8. The summed E-state index contributed by atoms with van der Waals surface area (Å²) in [5, 5.41) is 10.4. The minimum atomic E-state index is -0.436. The summed E-state index contributed by atoms with van der Waals surface area (Å²) in [6.45, 7) is 1.65. The number of rotatable bonds is 8. The molecule has 2 aromatic carbocycles. The Morgan fingerprint density at radius 2 is 1.50 bits per heavy atom. The monoisotopic (exact) mass is 405 g/mol. The molecule has 0 saturated carbocycles. The lowest BCUT2D eigenvalue weighted by molar-refractivity contribution is 0.0792. The van der Waals surface area contributed by atoms with E-state index in [0.717, 1.165) is 51.6 Å². The number of hydrogen-bond acceptors (Lipinski definition) is 3. The van der Waals surface area contributed by atoms with E-state index in [1.807, 2.05) is 4.90 Å². The molecule has 0 radical (unpaired) electrons. The molecular formula is C26H31NO3. The number of carbonyl (C=O) groups excluding carboxylic acids is 2. The van der Waals surface area contributed by atoms with Gasteiger partial charge < -0.3 is 10.0 Å². The van der Waals surface area contributed by atoms with Crippen molar-refractivity contribution in [1.29, 1.82) is 0 Å². The third-order valence-electron chi connectivity index (χ3n) is 6.60. The molecule has 1 amide bonds. The Morgan fingerprint density at radius 1 is 0.900 bits per heavy atom.